The summed E-state index contributed by atoms with van der Waals surface area (Å²) in [6.07, 6.45) is 1.41. The van der Waals surface area contributed by atoms with E-state index in [-0.39, 0.29) is 18.2 Å². The third-order valence-electron chi connectivity index (χ3n) is 3.03. The molecule has 0 aliphatic carbocycles. The SMILES string of the molecule is Cc1cc(C)cc(OCCN(C)S(=O)(=O)c2ccn[nH]2)c1. The highest BCUT2D eigenvalue weighted by molar-refractivity contribution is 7.89. The molecule has 0 fully saturated rings. The summed E-state index contributed by atoms with van der Waals surface area (Å²) in [6, 6.07) is 7.34. The summed E-state index contributed by atoms with van der Waals surface area (Å²) in [5.74, 6) is 0.750. The van der Waals surface area contributed by atoms with Gasteiger partial charge in [0.25, 0.3) is 10.0 Å². The molecule has 0 aliphatic rings. The Morgan fingerprint density at radius 3 is 2.48 bits per heavy atom. The second-order valence-electron chi connectivity index (χ2n) is 4.92. The predicted molar refractivity (Wildman–Crippen MR) is 79.8 cm³/mol. The van der Waals surface area contributed by atoms with Gasteiger partial charge in [0.1, 0.15) is 12.4 Å². The topological polar surface area (TPSA) is 75.3 Å². The predicted octanol–water partition coefficient (Wildman–Crippen LogP) is 1.73. The molecule has 0 saturated carbocycles. The second-order valence-corrected chi connectivity index (χ2v) is 6.93. The van der Waals surface area contributed by atoms with E-state index in [0.29, 0.717) is 0 Å². The van der Waals surface area contributed by atoms with Crippen molar-refractivity contribution in [3.8, 4) is 5.75 Å². The molecule has 2 rings (SSSR count). The molecule has 0 aliphatic heterocycles. The molecule has 0 radical (unpaired) electrons. The number of nitrogens with zero attached hydrogens (tertiary/aromatic N) is 2. The number of H-pyrrole nitrogens is 1. The second kappa shape index (κ2) is 6.28. The van der Waals surface area contributed by atoms with Crippen LogP contribution in [0, 0.1) is 13.8 Å². The van der Waals surface area contributed by atoms with Gasteiger partial charge in [-0.3, -0.25) is 5.10 Å². The number of likely N-dealkylation sites (N-methyl/N-ethyl adjacent to an activating group) is 1. The van der Waals surface area contributed by atoms with E-state index in [9.17, 15) is 8.42 Å². The third kappa shape index (κ3) is 3.83. The number of hydrogen-bond donors (Lipinski definition) is 1. The van der Waals surface area contributed by atoms with Crippen LogP contribution in [-0.2, 0) is 10.0 Å². The highest BCUT2D eigenvalue weighted by Gasteiger charge is 2.21. The Morgan fingerprint density at radius 1 is 1.24 bits per heavy atom. The highest BCUT2D eigenvalue weighted by Crippen LogP contribution is 2.16. The van der Waals surface area contributed by atoms with Crippen molar-refractivity contribution in [1.82, 2.24) is 14.5 Å². The van der Waals surface area contributed by atoms with Crippen molar-refractivity contribution in [3.63, 3.8) is 0 Å². The molecule has 7 heteroatoms. The number of sulfonamides is 1. The fraction of sp³-hybridized carbons (Fsp3) is 0.357. The summed E-state index contributed by atoms with van der Waals surface area (Å²) in [5, 5.41) is 6.20. The summed E-state index contributed by atoms with van der Waals surface area (Å²) in [4.78, 5) is 0. The van der Waals surface area contributed by atoms with E-state index in [0.717, 1.165) is 16.9 Å². The first kappa shape index (κ1) is 15.5. The normalized spacial score (nSPS) is 11.8. The van der Waals surface area contributed by atoms with Gasteiger partial charge in [-0.25, -0.2) is 8.42 Å². The van der Waals surface area contributed by atoms with Crippen LogP contribution in [0.3, 0.4) is 0 Å². The summed E-state index contributed by atoms with van der Waals surface area (Å²) < 4.78 is 31.1. The summed E-state index contributed by atoms with van der Waals surface area (Å²) in [6.45, 7) is 4.53. The van der Waals surface area contributed by atoms with Gasteiger partial charge >= 0.3 is 0 Å². The lowest BCUT2D eigenvalue weighted by Crippen LogP contribution is -2.31. The lowest BCUT2D eigenvalue weighted by molar-refractivity contribution is 0.286. The molecule has 6 nitrogen and oxygen atoms in total. The van der Waals surface area contributed by atoms with Crippen LogP contribution in [0.15, 0.2) is 35.5 Å². The van der Waals surface area contributed by atoms with Gasteiger partial charge in [-0.1, -0.05) is 6.07 Å². The Morgan fingerprint density at radius 2 is 1.90 bits per heavy atom. The Labute approximate surface area is 124 Å². The van der Waals surface area contributed by atoms with Crippen LogP contribution in [0.1, 0.15) is 11.1 Å². The van der Waals surface area contributed by atoms with Crippen LogP contribution < -0.4 is 4.74 Å². The van der Waals surface area contributed by atoms with E-state index in [2.05, 4.69) is 16.3 Å². The lowest BCUT2D eigenvalue weighted by Gasteiger charge is -2.16. The molecule has 0 amide bonds. The Hall–Kier alpha value is -1.86. The maximum absolute atomic E-state index is 12.1. The zero-order valence-electron chi connectivity index (χ0n) is 12.3. The van der Waals surface area contributed by atoms with Crippen molar-refractivity contribution in [2.24, 2.45) is 0 Å². The molecule has 1 aromatic heterocycles. The minimum atomic E-state index is -3.53. The first-order chi connectivity index (χ1) is 9.89. The van der Waals surface area contributed by atoms with Crippen molar-refractivity contribution in [2.45, 2.75) is 18.9 Å². The summed E-state index contributed by atoms with van der Waals surface area (Å²) >= 11 is 0. The number of aromatic nitrogens is 2. The average molecular weight is 309 g/mol. The van der Waals surface area contributed by atoms with E-state index < -0.39 is 10.0 Å². The lowest BCUT2D eigenvalue weighted by atomic mass is 10.1. The van der Waals surface area contributed by atoms with Crippen molar-refractivity contribution in [2.75, 3.05) is 20.2 Å². The highest BCUT2D eigenvalue weighted by atomic mass is 32.2. The zero-order valence-corrected chi connectivity index (χ0v) is 13.1. The summed E-state index contributed by atoms with van der Waals surface area (Å²) in [5.41, 5.74) is 2.23. The van der Waals surface area contributed by atoms with Crippen molar-refractivity contribution >= 4 is 10.0 Å². The van der Waals surface area contributed by atoms with Crippen molar-refractivity contribution in [1.29, 1.82) is 0 Å². The summed E-state index contributed by atoms with van der Waals surface area (Å²) in [7, 11) is -2.02. The Kier molecular flexibility index (Phi) is 4.64. The molecule has 21 heavy (non-hydrogen) atoms. The van der Waals surface area contributed by atoms with Gasteiger partial charge in [-0.2, -0.15) is 9.40 Å². The molecule has 0 saturated heterocycles. The van der Waals surface area contributed by atoms with Crippen LogP contribution >= 0.6 is 0 Å². The molecule has 0 unspecified atom stereocenters. The minimum absolute atomic E-state index is 0.0800. The van der Waals surface area contributed by atoms with Gasteiger partial charge in [-0.05, 0) is 43.2 Å². The number of ether oxygens (including phenoxy) is 1. The molecule has 0 atom stereocenters. The van der Waals surface area contributed by atoms with Crippen molar-refractivity contribution < 1.29 is 13.2 Å². The quantitative estimate of drug-likeness (QED) is 0.881. The first-order valence-electron chi connectivity index (χ1n) is 6.56. The van der Waals surface area contributed by atoms with Crippen LogP contribution in [0.2, 0.25) is 0 Å². The maximum atomic E-state index is 12.1. The van der Waals surface area contributed by atoms with Crippen LogP contribution in [-0.4, -0.2) is 43.1 Å². The third-order valence-corrected chi connectivity index (χ3v) is 4.82. The van der Waals surface area contributed by atoms with Gasteiger partial charge in [0.05, 0.1) is 6.20 Å². The monoisotopic (exact) mass is 309 g/mol. The van der Waals surface area contributed by atoms with Crippen LogP contribution in [0.4, 0.5) is 0 Å². The van der Waals surface area contributed by atoms with E-state index in [1.165, 1.54) is 23.6 Å². The molecule has 114 valence electrons. The van der Waals surface area contributed by atoms with Gasteiger partial charge in [0.15, 0.2) is 5.03 Å². The van der Waals surface area contributed by atoms with E-state index >= 15 is 0 Å². The molecular weight excluding hydrogens is 290 g/mol. The number of aromatic amines is 1. The number of hydrogen-bond acceptors (Lipinski definition) is 4. The Balaban J connectivity index is 1.94. The number of benzene rings is 1. The van der Waals surface area contributed by atoms with Crippen molar-refractivity contribution in [3.05, 3.63) is 41.6 Å². The molecule has 0 bridgehead atoms. The van der Waals surface area contributed by atoms with E-state index in [1.54, 1.807) is 0 Å². The van der Waals surface area contributed by atoms with Gasteiger partial charge in [0.2, 0.25) is 0 Å². The van der Waals surface area contributed by atoms with Crippen LogP contribution in [0.5, 0.6) is 5.75 Å². The Bertz CT molecular complexity index is 676. The minimum Gasteiger partial charge on any atom is -0.492 e. The number of nitrogens with one attached hydrogen (secondary N) is 1. The maximum Gasteiger partial charge on any atom is 0.259 e. The van der Waals surface area contributed by atoms with E-state index in [4.69, 9.17) is 4.74 Å². The van der Waals surface area contributed by atoms with Gasteiger partial charge in [0, 0.05) is 13.6 Å². The number of aryl methyl sites for hydroxylation is 2. The van der Waals surface area contributed by atoms with Gasteiger partial charge in [-0.15, -0.1) is 0 Å². The number of rotatable bonds is 6. The first-order valence-corrected chi connectivity index (χ1v) is 8.00. The smallest absolute Gasteiger partial charge is 0.259 e. The molecule has 1 heterocycles. The fourth-order valence-electron chi connectivity index (χ4n) is 1.98. The average Bonchev–Trinajstić information content (AvgIpc) is 2.91. The standard InChI is InChI=1S/C14H19N3O3S/c1-11-8-12(2)10-13(9-11)20-7-6-17(3)21(18,19)14-4-5-15-16-14/h4-5,8-10H,6-7H2,1-3H3,(H,15,16). The van der Waals surface area contributed by atoms with E-state index in [1.807, 2.05) is 26.0 Å². The van der Waals surface area contributed by atoms with Gasteiger partial charge < -0.3 is 4.74 Å². The molecule has 0 spiro atoms. The largest absolute Gasteiger partial charge is 0.492 e. The molecular formula is C14H19N3O3S. The fourth-order valence-corrected chi connectivity index (χ4v) is 3.03. The molecule has 2 aromatic rings. The molecule has 1 aromatic carbocycles. The zero-order chi connectivity index (χ0) is 15.5. The molecule has 1 N–H and O–H groups in total. The van der Waals surface area contributed by atoms with Crippen LogP contribution in [0.25, 0.3) is 0 Å².